The van der Waals surface area contributed by atoms with E-state index in [0.29, 0.717) is 30.5 Å². The number of rotatable bonds is 4. The van der Waals surface area contributed by atoms with Crippen LogP contribution in [-0.2, 0) is 16.4 Å². The van der Waals surface area contributed by atoms with Crippen LogP contribution in [0.15, 0.2) is 41.5 Å². The minimum Gasteiger partial charge on any atom is -0.477 e. The molecule has 7 heteroatoms. The van der Waals surface area contributed by atoms with Crippen molar-refractivity contribution in [3.05, 3.63) is 58.0 Å². The Bertz CT molecular complexity index is 976. The molecular formula is C19H21NO5S. The summed E-state index contributed by atoms with van der Waals surface area (Å²) in [5.41, 5.74) is 1.28. The third kappa shape index (κ3) is 4.04. The summed E-state index contributed by atoms with van der Waals surface area (Å²) in [5.74, 6) is -0.791. The van der Waals surface area contributed by atoms with Crippen molar-refractivity contribution in [3.8, 4) is 11.1 Å². The molecular weight excluding hydrogens is 354 g/mol. The first-order valence-electron chi connectivity index (χ1n) is 8.50. The van der Waals surface area contributed by atoms with E-state index in [1.807, 2.05) is 19.1 Å². The van der Waals surface area contributed by atoms with Crippen molar-refractivity contribution < 1.29 is 18.3 Å². The second kappa shape index (κ2) is 7.07. The van der Waals surface area contributed by atoms with Gasteiger partial charge in [0.25, 0.3) is 0 Å². The molecule has 0 amide bonds. The van der Waals surface area contributed by atoms with E-state index in [4.69, 9.17) is 0 Å². The van der Waals surface area contributed by atoms with Gasteiger partial charge in [0.2, 0.25) is 5.43 Å². The van der Waals surface area contributed by atoms with Crippen LogP contribution < -0.4 is 5.43 Å². The highest BCUT2D eigenvalue weighted by Crippen LogP contribution is 2.22. The van der Waals surface area contributed by atoms with E-state index < -0.39 is 21.2 Å². The largest absolute Gasteiger partial charge is 0.477 e. The van der Waals surface area contributed by atoms with Crippen LogP contribution in [0.25, 0.3) is 11.1 Å². The van der Waals surface area contributed by atoms with Gasteiger partial charge in [-0.05, 0) is 31.2 Å². The summed E-state index contributed by atoms with van der Waals surface area (Å²) >= 11 is 0. The lowest BCUT2D eigenvalue weighted by Crippen LogP contribution is -2.27. The van der Waals surface area contributed by atoms with Crippen molar-refractivity contribution >= 4 is 15.8 Å². The Morgan fingerprint density at radius 2 is 1.77 bits per heavy atom. The second-order valence-electron chi connectivity index (χ2n) is 6.88. The first-order chi connectivity index (χ1) is 12.2. The predicted octanol–water partition coefficient (Wildman–Crippen LogP) is 2.35. The van der Waals surface area contributed by atoms with Gasteiger partial charge in [-0.15, -0.1) is 0 Å². The van der Waals surface area contributed by atoms with E-state index in [9.17, 15) is 23.1 Å². The normalized spacial score (nSPS) is 17.1. The summed E-state index contributed by atoms with van der Waals surface area (Å²) in [7, 11) is -2.94. The van der Waals surface area contributed by atoms with E-state index in [-0.39, 0.29) is 23.0 Å². The van der Waals surface area contributed by atoms with Gasteiger partial charge in [-0.1, -0.05) is 29.8 Å². The van der Waals surface area contributed by atoms with Crippen molar-refractivity contribution in [1.82, 2.24) is 4.57 Å². The Kier molecular flexibility index (Phi) is 5.00. The Labute approximate surface area is 152 Å². The van der Waals surface area contributed by atoms with Crippen LogP contribution >= 0.6 is 0 Å². The van der Waals surface area contributed by atoms with Crippen LogP contribution in [0, 0.1) is 12.8 Å². The highest BCUT2D eigenvalue weighted by Gasteiger charge is 2.24. The third-order valence-electron chi connectivity index (χ3n) is 4.82. The number of nitrogens with zero attached hydrogens (tertiary/aromatic N) is 1. The van der Waals surface area contributed by atoms with Crippen LogP contribution in [-0.4, -0.2) is 35.6 Å². The standard InChI is InChI=1S/C19H21NO5S/c1-13-2-4-15(5-3-13)16-11-20(12-17(18(16)21)19(22)23)10-14-6-8-26(24,25)9-7-14/h2-5,11-12,14H,6-10H2,1H3,(H,22,23). The average molecular weight is 375 g/mol. The maximum atomic E-state index is 12.6. The summed E-state index contributed by atoms with van der Waals surface area (Å²) < 4.78 is 24.9. The number of hydrogen-bond donors (Lipinski definition) is 1. The lowest BCUT2D eigenvalue weighted by atomic mass is 10.0. The number of aromatic carboxylic acids is 1. The Balaban J connectivity index is 1.97. The first kappa shape index (κ1) is 18.4. The molecule has 1 N–H and O–H groups in total. The molecule has 0 atom stereocenters. The number of carbonyl (C=O) groups is 1. The molecule has 0 aliphatic carbocycles. The van der Waals surface area contributed by atoms with Gasteiger partial charge in [0.1, 0.15) is 15.4 Å². The number of pyridine rings is 1. The lowest BCUT2D eigenvalue weighted by molar-refractivity contribution is 0.0694. The SMILES string of the molecule is Cc1ccc(-c2cn(CC3CCS(=O)(=O)CC3)cc(C(=O)O)c2=O)cc1. The van der Waals surface area contributed by atoms with Crippen molar-refractivity contribution in [2.45, 2.75) is 26.3 Å². The van der Waals surface area contributed by atoms with E-state index in [1.165, 1.54) is 6.20 Å². The fourth-order valence-electron chi connectivity index (χ4n) is 3.25. The zero-order chi connectivity index (χ0) is 18.9. The molecule has 138 valence electrons. The quantitative estimate of drug-likeness (QED) is 0.885. The summed E-state index contributed by atoms with van der Waals surface area (Å²) in [6.45, 7) is 2.43. The fourth-order valence-corrected chi connectivity index (χ4v) is 4.84. The first-order valence-corrected chi connectivity index (χ1v) is 10.3. The van der Waals surface area contributed by atoms with Crippen LogP contribution in [0.5, 0.6) is 0 Å². The number of aryl methyl sites for hydroxylation is 1. The lowest BCUT2D eigenvalue weighted by Gasteiger charge is -2.23. The zero-order valence-corrected chi connectivity index (χ0v) is 15.3. The van der Waals surface area contributed by atoms with Crippen molar-refractivity contribution in [3.63, 3.8) is 0 Å². The van der Waals surface area contributed by atoms with Crippen molar-refractivity contribution in [2.75, 3.05) is 11.5 Å². The summed E-state index contributed by atoms with van der Waals surface area (Å²) in [6, 6.07) is 7.35. The Hall–Kier alpha value is -2.41. The Morgan fingerprint density at radius 1 is 1.15 bits per heavy atom. The maximum absolute atomic E-state index is 12.6. The number of aromatic nitrogens is 1. The zero-order valence-electron chi connectivity index (χ0n) is 14.5. The van der Waals surface area contributed by atoms with Crippen molar-refractivity contribution in [2.24, 2.45) is 5.92 Å². The van der Waals surface area contributed by atoms with Crippen LogP contribution in [0.1, 0.15) is 28.8 Å². The third-order valence-corrected chi connectivity index (χ3v) is 6.53. The summed E-state index contributed by atoms with van der Waals surface area (Å²) in [6.07, 6.45) is 4.13. The predicted molar refractivity (Wildman–Crippen MR) is 99.2 cm³/mol. The highest BCUT2D eigenvalue weighted by molar-refractivity contribution is 7.91. The molecule has 2 heterocycles. The average Bonchev–Trinajstić information content (AvgIpc) is 2.59. The van der Waals surface area contributed by atoms with E-state index >= 15 is 0 Å². The van der Waals surface area contributed by atoms with Gasteiger partial charge in [-0.25, -0.2) is 13.2 Å². The molecule has 2 aromatic rings. The number of carboxylic acids is 1. The molecule has 0 radical (unpaired) electrons. The molecule has 0 spiro atoms. The molecule has 1 aliphatic rings. The molecule has 1 aliphatic heterocycles. The number of hydrogen-bond acceptors (Lipinski definition) is 4. The fraction of sp³-hybridized carbons (Fsp3) is 0.368. The Morgan fingerprint density at radius 3 is 2.35 bits per heavy atom. The van der Waals surface area contributed by atoms with Gasteiger partial charge < -0.3 is 9.67 Å². The minimum atomic E-state index is -2.94. The molecule has 1 saturated heterocycles. The molecule has 26 heavy (non-hydrogen) atoms. The van der Waals surface area contributed by atoms with Gasteiger partial charge in [0, 0.05) is 24.5 Å². The van der Waals surface area contributed by atoms with Gasteiger partial charge in [0.15, 0.2) is 0 Å². The summed E-state index contributed by atoms with van der Waals surface area (Å²) in [4.78, 5) is 24.0. The number of benzene rings is 1. The molecule has 0 unspecified atom stereocenters. The van der Waals surface area contributed by atoms with E-state index in [2.05, 4.69) is 0 Å². The van der Waals surface area contributed by atoms with Crippen LogP contribution in [0.2, 0.25) is 0 Å². The van der Waals surface area contributed by atoms with E-state index in [0.717, 1.165) is 5.56 Å². The van der Waals surface area contributed by atoms with Gasteiger partial charge in [-0.3, -0.25) is 4.79 Å². The van der Waals surface area contributed by atoms with Crippen LogP contribution in [0.4, 0.5) is 0 Å². The van der Waals surface area contributed by atoms with Gasteiger partial charge in [0.05, 0.1) is 11.5 Å². The molecule has 1 aromatic carbocycles. The molecule has 1 aromatic heterocycles. The monoisotopic (exact) mass is 375 g/mol. The number of sulfone groups is 1. The minimum absolute atomic E-state index is 0.147. The molecule has 3 rings (SSSR count). The van der Waals surface area contributed by atoms with Gasteiger partial charge in [-0.2, -0.15) is 0 Å². The number of carboxylic acid groups (broad SMARTS) is 1. The molecule has 6 nitrogen and oxygen atoms in total. The van der Waals surface area contributed by atoms with Gasteiger partial charge >= 0.3 is 5.97 Å². The smallest absolute Gasteiger partial charge is 0.341 e. The molecule has 0 bridgehead atoms. The van der Waals surface area contributed by atoms with E-state index in [1.54, 1.807) is 22.9 Å². The second-order valence-corrected chi connectivity index (χ2v) is 9.18. The maximum Gasteiger partial charge on any atom is 0.341 e. The molecule has 1 fully saturated rings. The molecule has 0 saturated carbocycles. The highest BCUT2D eigenvalue weighted by atomic mass is 32.2. The van der Waals surface area contributed by atoms with Crippen LogP contribution in [0.3, 0.4) is 0 Å². The topological polar surface area (TPSA) is 93.4 Å². The summed E-state index contributed by atoms with van der Waals surface area (Å²) in [5, 5.41) is 9.39. The van der Waals surface area contributed by atoms with Crippen molar-refractivity contribution in [1.29, 1.82) is 0 Å².